The van der Waals surface area contributed by atoms with Gasteiger partial charge in [0.2, 0.25) is 17.7 Å². The molecule has 2 aliphatic rings. The summed E-state index contributed by atoms with van der Waals surface area (Å²) in [6, 6.07) is 16.2. The first-order valence-electron chi connectivity index (χ1n) is 13.1. The molecule has 2 aliphatic heterocycles. The van der Waals surface area contributed by atoms with Gasteiger partial charge >= 0.3 is 11.0 Å². The number of nitrogens with one attached hydrogen (secondary N) is 1. The van der Waals surface area contributed by atoms with E-state index in [2.05, 4.69) is 5.32 Å². The maximum Gasteiger partial charge on any atom is 0.418 e. The monoisotopic (exact) mass is 677 g/mol. The number of carbonyl (C=O) groups is 3. The van der Waals surface area contributed by atoms with E-state index in [1.807, 2.05) is 19.1 Å². The Morgan fingerprint density at radius 2 is 1.66 bits per heavy atom. The fourth-order valence-corrected chi connectivity index (χ4v) is 8.73. The number of aromatic nitrogens is 1. The van der Waals surface area contributed by atoms with E-state index in [-0.39, 0.29) is 15.1 Å². The van der Waals surface area contributed by atoms with E-state index < -0.39 is 63.7 Å². The van der Waals surface area contributed by atoms with Crippen LogP contribution in [-0.4, -0.2) is 27.5 Å². The summed E-state index contributed by atoms with van der Waals surface area (Å²) in [5, 5.41) is 2.05. The fraction of sp³-hybridized carbons (Fsp3) is 0.200. The minimum Gasteiger partial charge on any atom is -0.324 e. The number of nitrogens with zero attached hydrogens (tertiary/aromatic N) is 2. The zero-order chi connectivity index (χ0) is 31.5. The zero-order valence-corrected chi connectivity index (χ0v) is 25.7. The van der Waals surface area contributed by atoms with E-state index in [1.165, 1.54) is 22.8 Å². The number of rotatable bonds is 5. The topological polar surface area (TPSA) is 88.5 Å². The molecule has 0 aliphatic carbocycles. The molecule has 0 bridgehead atoms. The Bertz CT molecular complexity index is 1910. The van der Waals surface area contributed by atoms with Gasteiger partial charge < -0.3 is 5.32 Å². The second-order valence-electron chi connectivity index (χ2n) is 10.2. The average Bonchev–Trinajstić information content (AvgIpc) is 3.41. The van der Waals surface area contributed by atoms with Crippen LogP contribution < -0.4 is 15.1 Å². The molecule has 1 N–H and O–H groups in total. The third-order valence-corrected chi connectivity index (χ3v) is 11.0. The van der Waals surface area contributed by atoms with E-state index in [1.54, 1.807) is 24.3 Å². The van der Waals surface area contributed by atoms with Gasteiger partial charge in [0.1, 0.15) is 11.8 Å². The molecule has 14 heteroatoms. The Labute approximate surface area is 266 Å². The van der Waals surface area contributed by atoms with Crippen LogP contribution in [-0.2, 0) is 27.1 Å². The summed E-state index contributed by atoms with van der Waals surface area (Å²) < 4.78 is 43.1. The number of thioether (sulfide) groups is 1. The lowest BCUT2D eigenvalue weighted by Gasteiger charge is -2.31. The molecule has 44 heavy (non-hydrogen) atoms. The molecule has 1 aromatic heterocycles. The minimum atomic E-state index is -4.84. The van der Waals surface area contributed by atoms with Crippen LogP contribution in [0.2, 0.25) is 10.0 Å². The van der Waals surface area contributed by atoms with Gasteiger partial charge in [-0.1, -0.05) is 88.8 Å². The maximum absolute atomic E-state index is 14.0. The minimum absolute atomic E-state index is 0.0786. The highest BCUT2D eigenvalue weighted by Gasteiger charge is 2.58. The van der Waals surface area contributed by atoms with Crippen LogP contribution >= 0.6 is 46.3 Å². The van der Waals surface area contributed by atoms with Crippen molar-refractivity contribution < 1.29 is 27.6 Å². The first kappa shape index (κ1) is 30.4. The number of alkyl halides is 3. The molecule has 3 atom stereocenters. The molecular formula is C30H20Cl2F3N3O4S2. The quantitative estimate of drug-likeness (QED) is 0.230. The van der Waals surface area contributed by atoms with Crippen molar-refractivity contribution in [2.45, 2.75) is 35.8 Å². The molecule has 6 rings (SSSR count). The number of imide groups is 1. The van der Waals surface area contributed by atoms with E-state index in [0.29, 0.717) is 21.0 Å². The number of hydrogen-bond donors (Lipinski definition) is 1. The third kappa shape index (κ3) is 5.13. The maximum atomic E-state index is 14.0. The lowest BCUT2D eigenvalue weighted by molar-refractivity contribution is -0.137. The molecule has 1 saturated heterocycles. The summed E-state index contributed by atoms with van der Waals surface area (Å²) in [5.41, 5.74) is -0.0219. The van der Waals surface area contributed by atoms with Crippen LogP contribution in [0.1, 0.15) is 27.5 Å². The first-order chi connectivity index (χ1) is 20.9. The standard InChI is InChI=1S/C30H20Cl2F3N3O4S2/c1-14-7-2-4-11-18(14)36-20(39)13-37-28-25(44-29(37)42)21(15-8-6-10-17(31)23(15)32)22-24(43-28)27(41)38(26(22)40)19-12-5-3-9-16(19)30(33,34)35/h2-12,21-22,24H,13H2,1H3,(H,36,39)/t21-,22?,24?/m1/s1. The van der Waals surface area contributed by atoms with Gasteiger partial charge in [-0.15, -0.1) is 0 Å². The normalized spacial score (nSPS) is 19.6. The number of fused-ring (bicyclic) bond motifs is 2. The lowest BCUT2D eigenvalue weighted by Crippen LogP contribution is -2.33. The number of thiazole rings is 1. The van der Waals surface area contributed by atoms with Crippen molar-refractivity contribution in [3.05, 3.63) is 108 Å². The highest BCUT2D eigenvalue weighted by atomic mass is 35.5. The molecule has 3 heterocycles. The van der Waals surface area contributed by atoms with Crippen LogP contribution in [0.15, 0.2) is 76.6 Å². The summed E-state index contributed by atoms with van der Waals surface area (Å²) in [6.45, 7) is 1.41. The molecule has 0 spiro atoms. The predicted octanol–water partition coefficient (Wildman–Crippen LogP) is 6.98. The van der Waals surface area contributed by atoms with Crippen LogP contribution in [0.5, 0.6) is 0 Å². The van der Waals surface area contributed by atoms with Crippen molar-refractivity contribution >= 4 is 75.4 Å². The fourth-order valence-electron chi connectivity index (χ4n) is 5.54. The van der Waals surface area contributed by atoms with Crippen molar-refractivity contribution in [3.8, 4) is 0 Å². The second kappa shape index (κ2) is 11.4. The van der Waals surface area contributed by atoms with E-state index in [9.17, 15) is 32.3 Å². The Hall–Kier alpha value is -3.58. The number of carbonyl (C=O) groups excluding carboxylic acids is 3. The molecule has 3 amide bonds. The molecule has 226 valence electrons. The summed E-state index contributed by atoms with van der Waals surface area (Å²) >= 11 is 14.6. The van der Waals surface area contributed by atoms with E-state index in [4.69, 9.17) is 23.2 Å². The van der Waals surface area contributed by atoms with Crippen molar-refractivity contribution in [3.63, 3.8) is 0 Å². The van der Waals surface area contributed by atoms with Gasteiger partial charge in [0.15, 0.2) is 0 Å². The third-order valence-electron chi connectivity index (χ3n) is 7.54. The molecule has 2 unspecified atom stereocenters. The van der Waals surface area contributed by atoms with Crippen molar-refractivity contribution in [1.82, 2.24) is 4.57 Å². The van der Waals surface area contributed by atoms with Crippen LogP contribution in [0.25, 0.3) is 0 Å². The number of benzene rings is 3. The number of amides is 3. The molecule has 1 fully saturated rings. The second-order valence-corrected chi connectivity index (χ2v) is 13.1. The summed E-state index contributed by atoms with van der Waals surface area (Å²) in [4.78, 5) is 54.8. The molecule has 0 radical (unpaired) electrons. The van der Waals surface area contributed by atoms with Crippen molar-refractivity contribution in [2.24, 2.45) is 5.92 Å². The van der Waals surface area contributed by atoms with Gasteiger partial charge in [-0.05, 0) is 42.3 Å². The highest BCUT2D eigenvalue weighted by Crippen LogP contribution is 2.55. The molecule has 0 saturated carbocycles. The van der Waals surface area contributed by atoms with Crippen molar-refractivity contribution in [1.29, 1.82) is 0 Å². The highest BCUT2D eigenvalue weighted by molar-refractivity contribution is 8.00. The molecule has 3 aromatic carbocycles. The largest absolute Gasteiger partial charge is 0.418 e. The molecular weight excluding hydrogens is 658 g/mol. The number of halogens is 5. The van der Waals surface area contributed by atoms with Crippen LogP contribution in [0.3, 0.4) is 0 Å². The smallest absolute Gasteiger partial charge is 0.324 e. The summed E-state index contributed by atoms with van der Waals surface area (Å²) in [5.74, 6) is -4.44. The number of hydrogen-bond acceptors (Lipinski definition) is 6. The van der Waals surface area contributed by atoms with Crippen molar-refractivity contribution in [2.75, 3.05) is 10.2 Å². The van der Waals surface area contributed by atoms with Crippen LogP contribution in [0, 0.1) is 12.8 Å². The summed E-state index contributed by atoms with van der Waals surface area (Å²) in [6.07, 6.45) is -4.84. The van der Waals surface area contributed by atoms with Gasteiger partial charge in [0, 0.05) is 16.5 Å². The zero-order valence-electron chi connectivity index (χ0n) is 22.5. The van der Waals surface area contributed by atoms with Gasteiger partial charge in [-0.25, -0.2) is 4.90 Å². The van der Waals surface area contributed by atoms with Crippen LogP contribution in [0.4, 0.5) is 24.5 Å². The Balaban J connectivity index is 1.47. The average molecular weight is 679 g/mol. The van der Waals surface area contributed by atoms with E-state index >= 15 is 0 Å². The SMILES string of the molecule is Cc1ccccc1NC(=O)Cn1c2c(sc1=O)[C@H](c1cccc(Cl)c1Cl)C1C(=O)N(c3ccccc3C(F)(F)F)C(=O)C1S2. The van der Waals surface area contributed by atoms with Gasteiger partial charge in [0.05, 0.1) is 32.2 Å². The number of para-hydroxylation sites is 2. The number of anilines is 2. The first-order valence-corrected chi connectivity index (χ1v) is 15.6. The predicted molar refractivity (Wildman–Crippen MR) is 164 cm³/mol. The van der Waals surface area contributed by atoms with E-state index in [0.717, 1.165) is 40.8 Å². The van der Waals surface area contributed by atoms with Gasteiger partial charge in [0.25, 0.3) is 0 Å². The summed E-state index contributed by atoms with van der Waals surface area (Å²) in [7, 11) is 0. The Kier molecular flexibility index (Phi) is 7.89. The molecule has 7 nitrogen and oxygen atoms in total. The Morgan fingerprint density at radius 3 is 2.39 bits per heavy atom. The molecule has 4 aromatic rings. The Morgan fingerprint density at radius 1 is 0.955 bits per heavy atom. The van der Waals surface area contributed by atoms with Gasteiger partial charge in [-0.2, -0.15) is 13.2 Å². The van der Waals surface area contributed by atoms with Gasteiger partial charge in [-0.3, -0.25) is 23.7 Å². The number of aryl methyl sites for hydroxylation is 1. The lowest BCUT2D eigenvalue weighted by atomic mass is 9.83.